The van der Waals surface area contributed by atoms with Crippen LogP contribution in [0.2, 0.25) is 0 Å². The van der Waals surface area contributed by atoms with Crippen molar-refractivity contribution >= 4 is 17.3 Å². The largest absolute Gasteiger partial charge is 0.389 e. The van der Waals surface area contributed by atoms with Crippen molar-refractivity contribution < 1.29 is 19.5 Å². The van der Waals surface area contributed by atoms with Gasteiger partial charge in [-0.3, -0.25) is 14.4 Å². The molecular weight excluding hydrogens is 292 g/mol. The number of hydrogen-bond acceptors (Lipinski definition) is 4. The van der Waals surface area contributed by atoms with E-state index in [1.165, 1.54) is 6.08 Å². The molecule has 0 spiro atoms. The first-order valence-electron chi connectivity index (χ1n) is 8.78. The number of aliphatic hydroxyl groups is 1. The normalized spacial score (nSPS) is 49.3. The molecule has 0 unspecified atom stereocenters. The van der Waals surface area contributed by atoms with E-state index in [0.717, 1.165) is 24.8 Å². The predicted molar refractivity (Wildman–Crippen MR) is 83.5 cm³/mol. The van der Waals surface area contributed by atoms with Crippen molar-refractivity contribution in [2.24, 2.45) is 28.6 Å². The summed E-state index contributed by atoms with van der Waals surface area (Å²) in [5, 5.41) is 10.7. The summed E-state index contributed by atoms with van der Waals surface area (Å²) < 4.78 is 0. The molecule has 0 bridgehead atoms. The third-order valence-electron chi connectivity index (χ3n) is 7.57. The fourth-order valence-electron chi connectivity index (χ4n) is 6.29. The lowest BCUT2D eigenvalue weighted by Gasteiger charge is -2.57. The smallest absolute Gasteiger partial charge is 0.221 e. The number of aliphatic hydroxyl groups excluding tert-OH is 1. The van der Waals surface area contributed by atoms with Crippen LogP contribution in [0.5, 0.6) is 0 Å². The minimum absolute atomic E-state index is 0.216. The van der Waals surface area contributed by atoms with E-state index in [0.29, 0.717) is 24.5 Å². The molecule has 23 heavy (non-hydrogen) atoms. The molecule has 124 valence electrons. The predicted octanol–water partition coefficient (Wildman–Crippen LogP) is 2.24. The molecule has 0 aromatic heterocycles. The van der Waals surface area contributed by atoms with Gasteiger partial charge in [0.05, 0.1) is 6.10 Å². The molecule has 0 heterocycles. The molecule has 4 aliphatic carbocycles. The number of carbonyl (C=O) groups is 3. The highest BCUT2D eigenvalue weighted by Gasteiger charge is 2.61. The van der Waals surface area contributed by atoms with Gasteiger partial charge in [-0.2, -0.15) is 0 Å². The van der Waals surface area contributed by atoms with Gasteiger partial charge < -0.3 is 5.11 Å². The van der Waals surface area contributed by atoms with Crippen LogP contribution in [-0.4, -0.2) is 28.6 Å². The van der Waals surface area contributed by atoms with Crippen molar-refractivity contribution in [1.29, 1.82) is 0 Å². The molecule has 0 aromatic carbocycles. The molecule has 0 aromatic rings. The van der Waals surface area contributed by atoms with E-state index in [2.05, 4.69) is 6.92 Å². The van der Waals surface area contributed by atoms with Crippen LogP contribution in [0.1, 0.15) is 52.4 Å². The average Bonchev–Trinajstić information content (AvgIpc) is 2.78. The van der Waals surface area contributed by atoms with Crippen LogP contribution in [0.15, 0.2) is 11.6 Å². The summed E-state index contributed by atoms with van der Waals surface area (Å²) in [6, 6.07) is 0. The second-order valence-electron chi connectivity index (χ2n) is 8.53. The summed E-state index contributed by atoms with van der Waals surface area (Å²) in [7, 11) is 0. The van der Waals surface area contributed by atoms with Gasteiger partial charge in [0.1, 0.15) is 5.78 Å². The maximum absolute atomic E-state index is 12.4. The third kappa shape index (κ3) is 1.84. The van der Waals surface area contributed by atoms with Crippen molar-refractivity contribution in [1.82, 2.24) is 0 Å². The molecule has 0 aliphatic heterocycles. The molecule has 0 amide bonds. The Balaban J connectivity index is 1.77. The zero-order chi connectivity index (χ0) is 16.6. The molecule has 4 heteroatoms. The van der Waals surface area contributed by atoms with Crippen LogP contribution < -0.4 is 0 Å². The minimum atomic E-state index is -0.656. The van der Waals surface area contributed by atoms with Crippen LogP contribution in [0.3, 0.4) is 0 Å². The number of rotatable bonds is 0. The highest BCUT2D eigenvalue weighted by molar-refractivity contribution is 6.42. The van der Waals surface area contributed by atoms with Crippen molar-refractivity contribution in [3.05, 3.63) is 11.6 Å². The van der Waals surface area contributed by atoms with Crippen molar-refractivity contribution in [2.75, 3.05) is 0 Å². The number of hydrogen-bond donors (Lipinski definition) is 1. The number of Topliss-reactive ketones (excluding diaryl/α,β-unsaturated/α-hetero) is 2. The van der Waals surface area contributed by atoms with Gasteiger partial charge in [0.25, 0.3) is 0 Å². The van der Waals surface area contributed by atoms with Crippen molar-refractivity contribution in [3.8, 4) is 0 Å². The summed E-state index contributed by atoms with van der Waals surface area (Å²) in [4.78, 5) is 36.2. The van der Waals surface area contributed by atoms with Crippen LogP contribution >= 0.6 is 0 Å². The van der Waals surface area contributed by atoms with E-state index < -0.39 is 17.3 Å². The van der Waals surface area contributed by atoms with E-state index in [9.17, 15) is 19.5 Å². The lowest BCUT2D eigenvalue weighted by molar-refractivity contribution is -0.142. The fraction of sp³-hybridized carbons (Fsp3) is 0.737. The Hall–Kier alpha value is -1.29. The summed E-state index contributed by atoms with van der Waals surface area (Å²) in [6.45, 7) is 4.14. The van der Waals surface area contributed by atoms with Crippen LogP contribution in [-0.2, 0) is 14.4 Å². The van der Waals surface area contributed by atoms with Gasteiger partial charge in [0.15, 0.2) is 0 Å². The lowest BCUT2D eigenvalue weighted by atomic mass is 9.47. The zero-order valence-corrected chi connectivity index (χ0v) is 13.8. The summed E-state index contributed by atoms with van der Waals surface area (Å²) in [5.74, 6) is 0.453. The van der Waals surface area contributed by atoms with E-state index in [4.69, 9.17) is 0 Å². The molecular formula is C19H24O4. The van der Waals surface area contributed by atoms with Gasteiger partial charge in [0, 0.05) is 23.7 Å². The molecule has 6 atom stereocenters. The SMILES string of the molecule is C[C@]12CC(=O)C(=O)C=C1[C@H](O)C[C@@H]1[C@@H]2CC[C@]2(C)C(=O)CC[C@@H]12. The first kappa shape index (κ1) is 15.3. The lowest BCUT2D eigenvalue weighted by Crippen LogP contribution is -2.55. The zero-order valence-electron chi connectivity index (χ0n) is 13.8. The van der Waals surface area contributed by atoms with E-state index >= 15 is 0 Å². The molecule has 4 nitrogen and oxygen atoms in total. The molecule has 0 saturated heterocycles. The summed E-state index contributed by atoms with van der Waals surface area (Å²) >= 11 is 0. The Bertz CT molecular complexity index is 648. The maximum Gasteiger partial charge on any atom is 0.221 e. The van der Waals surface area contributed by atoms with Gasteiger partial charge >= 0.3 is 0 Å². The molecule has 4 rings (SSSR count). The second-order valence-corrected chi connectivity index (χ2v) is 8.53. The maximum atomic E-state index is 12.4. The van der Waals surface area contributed by atoms with Crippen LogP contribution in [0.4, 0.5) is 0 Å². The Morgan fingerprint density at radius 1 is 1.09 bits per heavy atom. The first-order valence-corrected chi connectivity index (χ1v) is 8.78. The highest BCUT2D eigenvalue weighted by atomic mass is 16.3. The Labute approximate surface area is 136 Å². The van der Waals surface area contributed by atoms with Crippen molar-refractivity contribution in [2.45, 2.75) is 58.5 Å². The van der Waals surface area contributed by atoms with Gasteiger partial charge in [-0.15, -0.1) is 0 Å². The third-order valence-corrected chi connectivity index (χ3v) is 7.57. The van der Waals surface area contributed by atoms with Gasteiger partial charge in [-0.05, 0) is 55.1 Å². The Morgan fingerprint density at radius 3 is 2.52 bits per heavy atom. The summed E-state index contributed by atoms with van der Waals surface area (Å²) in [6.07, 6.45) is 4.93. The number of ketones is 3. The van der Waals surface area contributed by atoms with E-state index in [-0.39, 0.29) is 29.5 Å². The van der Waals surface area contributed by atoms with Crippen LogP contribution in [0.25, 0.3) is 0 Å². The monoisotopic (exact) mass is 316 g/mol. The topological polar surface area (TPSA) is 71.4 Å². The Kier molecular flexibility index (Phi) is 3.07. The highest BCUT2D eigenvalue weighted by Crippen LogP contribution is 2.64. The standard InChI is InChI=1S/C19H24O4/c1-18-6-5-12-10(11(18)3-4-17(18)23)7-14(20)13-8-15(21)16(22)9-19(12,13)2/h8,10-12,14,20H,3-7,9H2,1-2H3/t10-,11-,12-,14+,18-,19+/m0/s1. The quantitative estimate of drug-likeness (QED) is 0.696. The fourth-order valence-corrected chi connectivity index (χ4v) is 6.29. The molecule has 3 saturated carbocycles. The number of fused-ring (bicyclic) bond motifs is 5. The van der Waals surface area contributed by atoms with E-state index in [1.54, 1.807) is 0 Å². The molecule has 1 N–H and O–H groups in total. The summed E-state index contributed by atoms with van der Waals surface area (Å²) in [5.41, 5.74) is 0.101. The van der Waals surface area contributed by atoms with E-state index in [1.807, 2.05) is 6.92 Å². The molecule has 0 radical (unpaired) electrons. The molecule has 3 fully saturated rings. The minimum Gasteiger partial charge on any atom is -0.389 e. The molecule has 4 aliphatic rings. The Morgan fingerprint density at radius 2 is 1.78 bits per heavy atom. The van der Waals surface area contributed by atoms with Crippen LogP contribution in [0, 0.1) is 28.6 Å². The number of carbonyl (C=O) groups excluding carboxylic acids is 3. The van der Waals surface area contributed by atoms with Gasteiger partial charge in [-0.1, -0.05) is 13.8 Å². The van der Waals surface area contributed by atoms with Gasteiger partial charge in [-0.25, -0.2) is 0 Å². The first-order chi connectivity index (χ1) is 10.8. The second kappa shape index (κ2) is 4.62. The van der Waals surface area contributed by atoms with Gasteiger partial charge in [0.2, 0.25) is 11.6 Å². The average molecular weight is 316 g/mol. The van der Waals surface area contributed by atoms with Crippen molar-refractivity contribution in [3.63, 3.8) is 0 Å².